The zero-order valence-corrected chi connectivity index (χ0v) is 29.0. The van der Waals surface area contributed by atoms with Crippen LogP contribution in [0.25, 0.3) is 22.5 Å². The Labute approximate surface area is 283 Å². The fourth-order valence-electron chi connectivity index (χ4n) is 5.53. The molecule has 0 bridgehead atoms. The van der Waals surface area contributed by atoms with E-state index in [1.54, 1.807) is 12.3 Å². The highest BCUT2D eigenvalue weighted by Crippen LogP contribution is 2.41. The second-order valence-electron chi connectivity index (χ2n) is 13.5. The van der Waals surface area contributed by atoms with E-state index in [4.69, 9.17) is 4.74 Å². The number of nitrogens with zero attached hydrogens (tertiary/aromatic N) is 5. The molecule has 0 radical (unpaired) electrons. The van der Waals surface area contributed by atoms with E-state index in [2.05, 4.69) is 71.1 Å². The van der Waals surface area contributed by atoms with Crippen LogP contribution in [0.15, 0.2) is 66.9 Å². The lowest BCUT2D eigenvalue weighted by atomic mass is 9.94. The minimum atomic E-state index is -0.196. The number of hydrogen-bond donors (Lipinski definition) is 3. The third kappa shape index (κ3) is 8.33. The molecule has 3 N–H and O–H groups in total. The molecule has 2 aromatic heterocycles. The summed E-state index contributed by atoms with van der Waals surface area (Å²) in [4.78, 5) is 33.0. The van der Waals surface area contributed by atoms with Crippen LogP contribution in [0.2, 0.25) is 0 Å². The van der Waals surface area contributed by atoms with Crippen LogP contribution < -0.4 is 20.9 Å². The van der Waals surface area contributed by atoms with Crippen LogP contribution in [0.3, 0.4) is 0 Å². The molecular weight excluding hydrogens is 604 g/mol. The number of hydrogen-bond acceptors (Lipinski definition) is 8. The van der Waals surface area contributed by atoms with E-state index in [9.17, 15) is 9.59 Å². The van der Waals surface area contributed by atoms with Gasteiger partial charge in [-0.15, -0.1) is 5.10 Å². The van der Waals surface area contributed by atoms with Gasteiger partial charge in [0.2, 0.25) is 5.91 Å². The largest absolute Gasteiger partial charge is 0.380 e. The van der Waals surface area contributed by atoms with Crippen LogP contribution in [0.5, 0.6) is 0 Å². The first-order valence-electron chi connectivity index (χ1n) is 16.6. The average Bonchev–Trinajstić information content (AvgIpc) is 3.49. The molecule has 3 heterocycles. The first kappa shape index (κ1) is 34.9. The molecule has 1 aliphatic heterocycles. The Hall–Kier alpha value is -4.45. The Kier molecular flexibility index (Phi) is 11.0. The number of rotatable bonds is 14. The molecular formula is C37H48N8O3. The molecule has 11 heteroatoms. The van der Waals surface area contributed by atoms with Gasteiger partial charge in [-0.05, 0) is 78.4 Å². The van der Waals surface area contributed by atoms with Gasteiger partial charge in [-0.2, -0.15) is 0 Å². The van der Waals surface area contributed by atoms with Crippen LogP contribution in [-0.4, -0.2) is 76.7 Å². The molecule has 0 aliphatic carbocycles. The highest BCUT2D eigenvalue weighted by molar-refractivity contribution is 6.00. The topological polar surface area (TPSA) is 126 Å². The van der Waals surface area contributed by atoms with Gasteiger partial charge in [-0.25, -0.2) is 4.68 Å². The van der Waals surface area contributed by atoms with Crippen LogP contribution in [0.4, 0.5) is 5.69 Å². The Balaban J connectivity index is 1.33. The van der Waals surface area contributed by atoms with E-state index in [0.29, 0.717) is 56.9 Å². The van der Waals surface area contributed by atoms with Crippen LogP contribution in [0, 0.1) is 0 Å². The van der Waals surface area contributed by atoms with Crippen molar-refractivity contribution in [2.24, 2.45) is 0 Å². The van der Waals surface area contributed by atoms with Gasteiger partial charge in [0, 0.05) is 48.0 Å². The Bertz CT molecular complexity index is 1710. The van der Waals surface area contributed by atoms with Crippen molar-refractivity contribution < 1.29 is 14.3 Å². The fraction of sp³-hybridized carbons (Fsp3) is 0.432. The van der Waals surface area contributed by atoms with E-state index in [-0.39, 0.29) is 22.9 Å². The molecule has 0 fully saturated rings. The average molecular weight is 653 g/mol. The number of carbonyl (C=O) groups is 2. The molecule has 4 aromatic rings. The normalized spacial score (nSPS) is 12.8. The van der Waals surface area contributed by atoms with E-state index < -0.39 is 0 Å². The molecule has 254 valence electrons. The van der Waals surface area contributed by atoms with Crippen molar-refractivity contribution in [3.63, 3.8) is 0 Å². The summed E-state index contributed by atoms with van der Waals surface area (Å²) in [5.74, 6) is -0.135. The number of ether oxygens (including phenoxy) is 1. The number of carbonyl (C=O) groups excluding carboxylic acids is 2. The summed E-state index contributed by atoms with van der Waals surface area (Å²) in [6, 6.07) is 19.6. The summed E-state index contributed by atoms with van der Waals surface area (Å²) >= 11 is 0. The van der Waals surface area contributed by atoms with Crippen molar-refractivity contribution in [1.82, 2.24) is 35.9 Å². The van der Waals surface area contributed by atoms with Gasteiger partial charge in [-0.3, -0.25) is 14.6 Å². The van der Waals surface area contributed by atoms with E-state index >= 15 is 0 Å². The Morgan fingerprint density at radius 1 is 0.875 bits per heavy atom. The first-order valence-corrected chi connectivity index (χ1v) is 16.6. The molecule has 2 aromatic carbocycles. The number of para-hydroxylation sites is 1. The molecule has 1 aliphatic rings. The van der Waals surface area contributed by atoms with Crippen LogP contribution >= 0.6 is 0 Å². The highest BCUT2D eigenvalue weighted by Gasteiger charge is 2.30. The molecule has 0 spiro atoms. The molecule has 2 amide bonds. The number of pyridine rings is 1. The van der Waals surface area contributed by atoms with Crippen LogP contribution in [-0.2, 0) is 22.6 Å². The number of amides is 2. The fourth-order valence-corrected chi connectivity index (χ4v) is 5.53. The number of fused-ring (bicyclic) bond motifs is 5. The summed E-state index contributed by atoms with van der Waals surface area (Å²) in [6.07, 6.45) is 3.59. The predicted octanol–water partition coefficient (Wildman–Crippen LogP) is 4.81. The summed E-state index contributed by atoms with van der Waals surface area (Å²) in [5, 5.41) is 18.7. The highest BCUT2D eigenvalue weighted by atomic mass is 16.5. The summed E-state index contributed by atoms with van der Waals surface area (Å²) < 4.78 is 7.54. The zero-order chi connectivity index (χ0) is 34.3. The monoisotopic (exact) mass is 652 g/mol. The summed E-state index contributed by atoms with van der Waals surface area (Å²) in [5.41, 5.74) is 6.29. The lowest BCUT2D eigenvalue weighted by molar-refractivity contribution is -0.119. The summed E-state index contributed by atoms with van der Waals surface area (Å²) in [7, 11) is 3.86. The SMILES string of the molecule is CNC(C)(C)CCOCCNC(=O)c1ccc(Cn2nnc3c2-c2ccccc2CN(C(=O)CCC(C)(C)NC)c2ccccc2-3)nc1. The molecule has 0 atom stereocenters. The smallest absolute Gasteiger partial charge is 0.252 e. The van der Waals surface area contributed by atoms with Crippen molar-refractivity contribution in [3.05, 3.63) is 83.7 Å². The number of benzene rings is 2. The van der Waals surface area contributed by atoms with Crippen molar-refractivity contribution in [2.45, 2.75) is 71.1 Å². The maximum absolute atomic E-state index is 13.8. The van der Waals surface area contributed by atoms with Gasteiger partial charge in [0.15, 0.2) is 0 Å². The minimum absolute atomic E-state index is 0.0138. The second kappa shape index (κ2) is 15.2. The maximum Gasteiger partial charge on any atom is 0.252 e. The zero-order valence-electron chi connectivity index (χ0n) is 29.0. The second-order valence-corrected chi connectivity index (χ2v) is 13.5. The molecule has 5 rings (SSSR count). The molecule has 0 saturated heterocycles. The third-order valence-electron chi connectivity index (χ3n) is 9.21. The van der Waals surface area contributed by atoms with Crippen molar-refractivity contribution >= 4 is 17.5 Å². The van der Waals surface area contributed by atoms with Gasteiger partial charge in [0.1, 0.15) is 5.69 Å². The minimum Gasteiger partial charge on any atom is -0.380 e. The standard InChI is InChI=1S/C37H48N8O3/c1-36(2,38-5)18-17-32(46)44-24-27-11-7-8-12-29(27)34-33(30-13-9-10-14-31(30)44)42-43-45(34)25-28-16-15-26(23-41-28)35(47)40-20-22-48-21-19-37(3,4)39-6/h7-16,23,38-39H,17-22,24-25H2,1-6H3,(H,40,47). The van der Waals surface area contributed by atoms with E-state index in [1.807, 2.05) is 66.1 Å². The number of anilines is 1. The van der Waals surface area contributed by atoms with E-state index in [1.165, 1.54) is 0 Å². The lowest BCUT2D eigenvalue weighted by Gasteiger charge is -2.30. The molecule has 11 nitrogen and oxygen atoms in total. The summed E-state index contributed by atoms with van der Waals surface area (Å²) in [6.45, 7) is 10.7. The van der Waals surface area contributed by atoms with Gasteiger partial charge < -0.3 is 25.6 Å². The van der Waals surface area contributed by atoms with E-state index in [0.717, 1.165) is 40.2 Å². The Morgan fingerprint density at radius 2 is 1.58 bits per heavy atom. The Morgan fingerprint density at radius 3 is 2.31 bits per heavy atom. The lowest BCUT2D eigenvalue weighted by Crippen LogP contribution is -2.39. The third-order valence-corrected chi connectivity index (χ3v) is 9.21. The maximum atomic E-state index is 13.8. The van der Waals surface area contributed by atoms with Crippen molar-refractivity contribution in [2.75, 3.05) is 38.8 Å². The van der Waals surface area contributed by atoms with Gasteiger partial charge >= 0.3 is 0 Å². The van der Waals surface area contributed by atoms with Gasteiger partial charge in [0.25, 0.3) is 5.91 Å². The first-order chi connectivity index (χ1) is 23.0. The molecule has 48 heavy (non-hydrogen) atoms. The molecule has 0 unspecified atom stereocenters. The van der Waals surface area contributed by atoms with Gasteiger partial charge in [0.05, 0.1) is 42.3 Å². The van der Waals surface area contributed by atoms with Crippen LogP contribution in [0.1, 0.15) is 68.6 Å². The van der Waals surface area contributed by atoms with Gasteiger partial charge in [-0.1, -0.05) is 47.7 Å². The number of aromatic nitrogens is 4. The predicted molar refractivity (Wildman–Crippen MR) is 189 cm³/mol. The number of nitrogens with one attached hydrogen (secondary N) is 3. The quantitative estimate of drug-likeness (QED) is 0.166. The molecule has 0 saturated carbocycles. The van der Waals surface area contributed by atoms with Crippen molar-refractivity contribution in [1.29, 1.82) is 0 Å². The van der Waals surface area contributed by atoms with Crippen molar-refractivity contribution in [3.8, 4) is 22.5 Å².